The zero-order valence-electron chi connectivity index (χ0n) is 31.5. The van der Waals surface area contributed by atoms with E-state index in [1.54, 1.807) is 13.8 Å². The fraction of sp³-hybridized carbons (Fsp3) is 0.975. The molecule has 0 aromatic heterocycles. The molecule has 3 N–H and O–H groups in total. The zero-order valence-corrected chi connectivity index (χ0v) is 31.5. The number of hydrogen-bond donors (Lipinski definition) is 3. The van der Waals surface area contributed by atoms with Gasteiger partial charge >= 0.3 is 0 Å². The maximum absolute atomic E-state index is 12.9. The molecule has 0 aromatic rings. The van der Waals surface area contributed by atoms with Gasteiger partial charge in [0.2, 0.25) is 5.91 Å². The van der Waals surface area contributed by atoms with Crippen LogP contribution in [0.1, 0.15) is 120 Å². The maximum Gasteiger partial charge on any atom is 0.223 e. The summed E-state index contributed by atoms with van der Waals surface area (Å²) >= 11 is 0. The van der Waals surface area contributed by atoms with Crippen LogP contribution >= 0.6 is 0 Å². The van der Waals surface area contributed by atoms with Crippen molar-refractivity contribution in [2.75, 3.05) is 26.3 Å². The van der Waals surface area contributed by atoms with Crippen LogP contribution in [0.3, 0.4) is 0 Å². The lowest BCUT2D eigenvalue weighted by atomic mass is 9.41. The third kappa shape index (κ3) is 4.84. The van der Waals surface area contributed by atoms with Crippen LogP contribution in [0.25, 0.3) is 0 Å². The summed E-state index contributed by atoms with van der Waals surface area (Å²) in [4.78, 5) is 14.8. The molecule has 0 bridgehead atoms. The number of rotatable bonds is 7. The molecule has 2 spiro atoms. The van der Waals surface area contributed by atoms with Crippen molar-refractivity contribution >= 4 is 5.91 Å². The van der Waals surface area contributed by atoms with Gasteiger partial charge in [0.05, 0.1) is 49.8 Å². The predicted octanol–water partition coefficient (Wildman–Crippen LogP) is 5.80. The molecule has 8 heteroatoms. The lowest BCUT2D eigenvalue weighted by molar-refractivity contribution is -0.248. The maximum atomic E-state index is 12.9. The third-order valence-electron chi connectivity index (χ3n) is 16.6. The van der Waals surface area contributed by atoms with E-state index in [0.717, 1.165) is 32.1 Å². The molecule has 7 rings (SSSR count). The fourth-order valence-corrected chi connectivity index (χ4v) is 14.2. The van der Waals surface area contributed by atoms with Crippen LogP contribution in [-0.2, 0) is 19.0 Å². The monoisotopic (exact) mass is 673 g/mol. The van der Waals surface area contributed by atoms with Crippen LogP contribution in [0.5, 0.6) is 0 Å². The number of aliphatic hydroxyl groups excluding tert-OH is 2. The molecule has 0 aromatic carbocycles. The number of carbonyl (C=O) groups is 1. The van der Waals surface area contributed by atoms with Gasteiger partial charge in [-0.15, -0.1) is 0 Å². The van der Waals surface area contributed by atoms with Gasteiger partial charge in [-0.1, -0.05) is 48.5 Å². The second-order valence-corrected chi connectivity index (χ2v) is 19.9. The fourth-order valence-electron chi connectivity index (χ4n) is 14.2. The van der Waals surface area contributed by atoms with Crippen molar-refractivity contribution in [3.63, 3.8) is 0 Å². The molecular formula is C40H67NO7. The number of ether oxygens (including phenoxy) is 3. The van der Waals surface area contributed by atoms with Gasteiger partial charge in [0, 0.05) is 24.3 Å². The Kier molecular flexibility index (Phi) is 8.62. The summed E-state index contributed by atoms with van der Waals surface area (Å²) in [6.07, 6.45) is 8.09. The van der Waals surface area contributed by atoms with E-state index >= 15 is 0 Å². The second-order valence-electron chi connectivity index (χ2n) is 19.9. The van der Waals surface area contributed by atoms with E-state index in [1.807, 2.05) is 4.90 Å². The minimum absolute atomic E-state index is 0.00845. The molecule has 2 heterocycles. The van der Waals surface area contributed by atoms with Gasteiger partial charge in [-0.25, -0.2) is 0 Å². The van der Waals surface area contributed by atoms with Crippen molar-refractivity contribution in [3.05, 3.63) is 0 Å². The highest BCUT2D eigenvalue weighted by atomic mass is 16.7. The van der Waals surface area contributed by atoms with Crippen molar-refractivity contribution in [1.29, 1.82) is 0 Å². The molecule has 48 heavy (non-hydrogen) atoms. The Morgan fingerprint density at radius 2 is 1.73 bits per heavy atom. The summed E-state index contributed by atoms with van der Waals surface area (Å²) in [5, 5.41) is 33.7. The lowest BCUT2D eigenvalue weighted by Crippen LogP contribution is -2.60. The Bertz CT molecular complexity index is 1250. The van der Waals surface area contributed by atoms with Crippen LogP contribution in [0.15, 0.2) is 0 Å². The van der Waals surface area contributed by atoms with Crippen LogP contribution in [0.2, 0.25) is 0 Å². The van der Waals surface area contributed by atoms with Crippen molar-refractivity contribution in [2.45, 2.75) is 156 Å². The molecule has 7 fully saturated rings. The first kappa shape index (κ1) is 35.6. The van der Waals surface area contributed by atoms with Gasteiger partial charge in [0.1, 0.15) is 0 Å². The van der Waals surface area contributed by atoms with Crippen molar-refractivity contribution in [3.8, 4) is 0 Å². The molecule has 1 amide bonds. The van der Waals surface area contributed by atoms with E-state index in [4.69, 9.17) is 14.2 Å². The molecule has 274 valence electrons. The summed E-state index contributed by atoms with van der Waals surface area (Å²) in [5.41, 5.74) is -0.785. The first-order valence-corrected chi connectivity index (χ1v) is 19.6. The normalized spacial score (nSPS) is 50.1. The number of amides is 1. The first-order chi connectivity index (χ1) is 22.4. The van der Waals surface area contributed by atoms with Crippen molar-refractivity contribution < 1.29 is 34.3 Å². The average Bonchev–Trinajstić information content (AvgIpc) is 3.63. The highest BCUT2D eigenvalue weighted by Gasteiger charge is 2.84. The van der Waals surface area contributed by atoms with Crippen molar-refractivity contribution in [1.82, 2.24) is 4.90 Å². The minimum atomic E-state index is -1.05. The van der Waals surface area contributed by atoms with Crippen LogP contribution in [0.4, 0.5) is 0 Å². The summed E-state index contributed by atoms with van der Waals surface area (Å²) in [5.74, 6) is 1.79. The van der Waals surface area contributed by atoms with E-state index in [-0.39, 0.29) is 70.6 Å². The highest BCUT2D eigenvalue weighted by molar-refractivity contribution is 5.76. The van der Waals surface area contributed by atoms with Gasteiger partial charge in [-0.05, 0) is 116 Å². The Balaban J connectivity index is 1.10. The standard InChI is InChI=1S/C40H67NO7/c1-23(2)18-30(43)41-16-17-46-31(20-41)48-29-12-13-39-22-40(39)15-14-37(8)32-24(3)19-26(25(21-42)36(6,7)45)47-33(32)34(44)38(37,9)28(40)11-10-27(39)35(29,4)5/h23-29,31-34,42,44-45H,10-22H2,1-9H3. The molecule has 0 radical (unpaired) electrons. The molecule has 8 nitrogen and oxygen atoms in total. The number of morpholine rings is 1. The topological polar surface area (TPSA) is 109 Å². The Morgan fingerprint density at radius 1 is 1.04 bits per heavy atom. The molecule has 14 atom stereocenters. The molecule has 2 saturated heterocycles. The van der Waals surface area contributed by atoms with Gasteiger partial charge in [0.15, 0.2) is 6.29 Å². The molecule has 14 unspecified atom stereocenters. The van der Waals surface area contributed by atoms with Crippen LogP contribution in [0, 0.1) is 62.6 Å². The molecule has 5 saturated carbocycles. The van der Waals surface area contributed by atoms with Gasteiger partial charge < -0.3 is 34.4 Å². The number of aliphatic hydroxyl groups is 3. The summed E-state index contributed by atoms with van der Waals surface area (Å²) in [6.45, 7) is 21.4. The summed E-state index contributed by atoms with van der Waals surface area (Å²) in [6, 6.07) is 0. The van der Waals surface area contributed by atoms with E-state index in [1.165, 1.54) is 19.3 Å². The molecule has 7 aliphatic rings. The van der Waals surface area contributed by atoms with E-state index in [2.05, 4.69) is 48.5 Å². The van der Waals surface area contributed by atoms with Crippen LogP contribution in [-0.4, -0.2) is 88.7 Å². The van der Waals surface area contributed by atoms with Gasteiger partial charge in [-0.2, -0.15) is 0 Å². The Labute approximate surface area is 290 Å². The Hall–Kier alpha value is -0.770. The SMILES string of the molecule is CC(C)CC(=O)N1CCOC(OC2CCC34CC35CCC3(C)C6C(C)CC(C(CO)C(C)(C)O)OC6C(O)C3(C)C5CCC4C2(C)C)C1. The number of carbonyl (C=O) groups excluding carboxylic acids is 1. The van der Waals surface area contributed by atoms with E-state index in [0.29, 0.717) is 55.2 Å². The average molecular weight is 674 g/mol. The van der Waals surface area contributed by atoms with Crippen LogP contribution < -0.4 is 0 Å². The van der Waals surface area contributed by atoms with E-state index in [9.17, 15) is 20.1 Å². The largest absolute Gasteiger partial charge is 0.396 e. The van der Waals surface area contributed by atoms with Gasteiger partial charge in [0.25, 0.3) is 0 Å². The lowest BCUT2D eigenvalue weighted by Gasteiger charge is -2.64. The van der Waals surface area contributed by atoms with Gasteiger partial charge in [-0.3, -0.25) is 4.79 Å². The number of hydrogen-bond acceptors (Lipinski definition) is 7. The molecule has 2 aliphatic heterocycles. The zero-order chi connectivity index (χ0) is 34.8. The summed E-state index contributed by atoms with van der Waals surface area (Å²) in [7, 11) is 0. The second kappa shape index (κ2) is 11.6. The highest BCUT2D eigenvalue weighted by Crippen LogP contribution is 2.89. The summed E-state index contributed by atoms with van der Waals surface area (Å²) < 4.78 is 19.8. The Morgan fingerprint density at radius 3 is 2.40 bits per heavy atom. The van der Waals surface area contributed by atoms with E-state index < -0.39 is 11.7 Å². The molecular weight excluding hydrogens is 606 g/mol. The smallest absolute Gasteiger partial charge is 0.223 e. The predicted molar refractivity (Wildman–Crippen MR) is 184 cm³/mol. The number of fused-ring (bicyclic) bond motifs is 4. The first-order valence-electron chi connectivity index (χ1n) is 19.6. The number of nitrogens with zero attached hydrogens (tertiary/aromatic N) is 1. The van der Waals surface area contributed by atoms with Crippen molar-refractivity contribution in [2.24, 2.45) is 62.6 Å². The quantitative estimate of drug-likeness (QED) is 0.314. The molecule has 5 aliphatic carbocycles. The minimum Gasteiger partial charge on any atom is -0.396 e. The third-order valence-corrected chi connectivity index (χ3v) is 16.6.